The Morgan fingerprint density at radius 1 is 0.909 bits per heavy atom. The first-order chi connectivity index (χ1) is 20.7. The molecule has 44 heavy (non-hydrogen) atoms. The van der Waals surface area contributed by atoms with E-state index in [4.69, 9.17) is 4.74 Å². The minimum Gasteiger partial charge on any atom is -0.496 e. The van der Waals surface area contributed by atoms with Gasteiger partial charge in [-0.25, -0.2) is 0 Å². The summed E-state index contributed by atoms with van der Waals surface area (Å²) in [6, 6.07) is 23.7. The summed E-state index contributed by atoms with van der Waals surface area (Å²) in [5, 5.41) is 7.70. The molecule has 10 heteroatoms. The van der Waals surface area contributed by atoms with Crippen molar-refractivity contribution in [2.75, 3.05) is 30.5 Å². The van der Waals surface area contributed by atoms with Gasteiger partial charge in [-0.15, -0.1) is 12.4 Å². The molecule has 0 aliphatic carbocycles. The predicted molar refractivity (Wildman–Crippen MR) is 174 cm³/mol. The van der Waals surface area contributed by atoms with Crippen LogP contribution < -0.4 is 25.2 Å². The average molecular weight is 615 g/mol. The summed E-state index contributed by atoms with van der Waals surface area (Å²) >= 11 is 0. The summed E-state index contributed by atoms with van der Waals surface area (Å²) in [7, 11) is 3.25. The summed E-state index contributed by atoms with van der Waals surface area (Å²) < 4.78 is 5.73. The third-order valence-corrected chi connectivity index (χ3v) is 7.85. The van der Waals surface area contributed by atoms with Gasteiger partial charge >= 0.3 is 0 Å². The zero-order valence-electron chi connectivity index (χ0n) is 25.0. The van der Waals surface area contributed by atoms with Crippen LogP contribution in [0.4, 0.5) is 11.4 Å². The normalized spacial score (nSPS) is 15.1. The fourth-order valence-electron chi connectivity index (χ4n) is 5.31. The van der Waals surface area contributed by atoms with Gasteiger partial charge < -0.3 is 25.2 Å². The minimum atomic E-state index is -1.04. The molecule has 228 valence electrons. The predicted octanol–water partition coefficient (Wildman–Crippen LogP) is 4.76. The lowest BCUT2D eigenvalue weighted by atomic mass is 10.0. The molecule has 4 aromatic carbocycles. The molecule has 1 aliphatic heterocycles. The lowest BCUT2D eigenvalue weighted by Crippen LogP contribution is -2.55. The summed E-state index contributed by atoms with van der Waals surface area (Å²) in [6.07, 6.45) is 0. The largest absolute Gasteiger partial charge is 0.496 e. The van der Waals surface area contributed by atoms with Gasteiger partial charge in [0.15, 0.2) is 5.78 Å². The van der Waals surface area contributed by atoms with Crippen molar-refractivity contribution in [1.82, 2.24) is 10.6 Å². The van der Waals surface area contributed by atoms with Crippen LogP contribution >= 0.6 is 12.4 Å². The van der Waals surface area contributed by atoms with E-state index in [0.717, 1.165) is 16.3 Å². The van der Waals surface area contributed by atoms with E-state index in [0.29, 0.717) is 28.3 Å². The summed E-state index contributed by atoms with van der Waals surface area (Å²) in [4.78, 5) is 56.4. The van der Waals surface area contributed by atoms with Crippen LogP contribution in [0.5, 0.6) is 5.75 Å². The number of para-hydroxylation sites is 2. The van der Waals surface area contributed by atoms with Crippen LogP contribution in [-0.4, -0.2) is 56.3 Å². The van der Waals surface area contributed by atoms with Crippen LogP contribution in [-0.2, 0) is 16.1 Å². The van der Waals surface area contributed by atoms with E-state index in [1.54, 1.807) is 68.4 Å². The third kappa shape index (κ3) is 6.29. The molecule has 0 aromatic heterocycles. The van der Waals surface area contributed by atoms with E-state index in [2.05, 4.69) is 10.6 Å². The Hall–Kier alpha value is -4.73. The number of likely N-dealkylation sites (N-methyl/N-ethyl adjacent to an activating group) is 1. The Balaban J connectivity index is 0.00000442. The number of ether oxygens (including phenoxy) is 1. The van der Waals surface area contributed by atoms with E-state index >= 15 is 0 Å². The van der Waals surface area contributed by atoms with Crippen molar-refractivity contribution in [3.05, 3.63) is 102 Å². The molecule has 0 saturated carbocycles. The van der Waals surface area contributed by atoms with Crippen molar-refractivity contribution in [3.63, 3.8) is 0 Å². The van der Waals surface area contributed by atoms with Crippen LogP contribution in [0.25, 0.3) is 10.8 Å². The molecule has 0 spiro atoms. The SMILES string of the molecule is CNC(C)C(=O)NC1CN(C(=O)c2ccc(C(C)=O)cc2)c2ccccc2N(Cc2c(OC)ccc3ccccc23)C1=O.Cl. The number of rotatable bonds is 8. The molecule has 3 amide bonds. The summed E-state index contributed by atoms with van der Waals surface area (Å²) in [6.45, 7) is 3.22. The summed E-state index contributed by atoms with van der Waals surface area (Å²) in [5.41, 5.74) is 2.69. The second kappa shape index (κ2) is 13.7. The molecule has 0 fully saturated rings. The molecular formula is C34H35ClN4O5. The highest BCUT2D eigenvalue weighted by molar-refractivity contribution is 6.13. The molecule has 1 aliphatic rings. The number of carbonyl (C=O) groups is 4. The maximum Gasteiger partial charge on any atom is 0.258 e. The van der Waals surface area contributed by atoms with Crippen LogP contribution in [0.2, 0.25) is 0 Å². The van der Waals surface area contributed by atoms with Crippen LogP contribution in [0.1, 0.15) is 40.1 Å². The number of fused-ring (bicyclic) bond motifs is 2. The quantitative estimate of drug-likeness (QED) is 0.277. The van der Waals surface area contributed by atoms with Crippen molar-refractivity contribution < 1.29 is 23.9 Å². The topological polar surface area (TPSA) is 108 Å². The van der Waals surface area contributed by atoms with Crippen molar-refractivity contribution in [1.29, 1.82) is 0 Å². The van der Waals surface area contributed by atoms with Crippen molar-refractivity contribution in [3.8, 4) is 5.75 Å². The van der Waals surface area contributed by atoms with Crippen LogP contribution in [0.15, 0.2) is 84.9 Å². The first-order valence-electron chi connectivity index (χ1n) is 14.1. The number of hydrogen-bond acceptors (Lipinski definition) is 6. The Bertz CT molecular complexity index is 1710. The lowest BCUT2D eigenvalue weighted by Gasteiger charge is -2.27. The zero-order chi connectivity index (χ0) is 30.7. The number of benzene rings is 4. The fraction of sp³-hybridized carbons (Fsp3) is 0.235. The molecule has 2 unspecified atom stereocenters. The highest BCUT2D eigenvalue weighted by atomic mass is 35.5. The molecule has 0 radical (unpaired) electrons. The first-order valence-corrected chi connectivity index (χ1v) is 14.1. The number of nitrogens with zero attached hydrogens (tertiary/aromatic N) is 2. The van der Waals surface area contributed by atoms with Crippen LogP contribution in [0, 0.1) is 0 Å². The smallest absolute Gasteiger partial charge is 0.258 e. The highest BCUT2D eigenvalue weighted by Gasteiger charge is 2.38. The van der Waals surface area contributed by atoms with Crippen LogP contribution in [0.3, 0.4) is 0 Å². The summed E-state index contributed by atoms with van der Waals surface area (Å²) in [5.74, 6) is -0.573. The second-order valence-electron chi connectivity index (χ2n) is 10.5. The number of halogens is 1. The Morgan fingerprint density at radius 3 is 2.20 bits per heavy atom. The zero-order valence-corrected chi connectivity index (χ0v) is 25.8. The number of hydrogen-bond donors (Lipinski definition) is 2. The number of ketones is 1. The average Bonchev–Trinajstić information content (AvgIpc) is 3.14. The standard InChI is InChI=1S/C34H34N4O5.ClH/c1-21(35-3)32(40)36-28-20-38(33(41)25-15-13-23(14-16-25)22(2)39)30-12-8-7-11-29(30)37(34(28)42)19-27-26-10-6-5-9-24(26)17-18-31(27)43-4;/h5-18,21,28,35H,19-20H2,1-4H3,(H,36,40);1H. The Labute approximate surface area is 262 Å². The number of anilines is 2. The highest BCUT2D eigenvalue weighted by Crippen LogP contribution is 2.37. The number of Topliss-reactive ketones (excluding diaryl/α,β-unsaturated/α-hetero) is 1. The van der Waals surface area contributed by atoms with Gasteiger partial charge in [-0.1, -0.05) is 54.6 Å². The molecular weight excluding hydrogens is 580 g/mol. The molecule has 2 N–H and O–H groups in total. The van der Waals surface area contributed by atoms with Gasteiger partial charge in [0.25, 0.3) is 11.8 Å². The van der Waals surface area contributed by atoms with E-state index in [1.165, 1.54) is 11.8 Å². The number of methoxy groups -OCH3 is 1. The first kappa shape index (κ1) is 32.2. The third-order valence-electron chi connectivity index (χ3n) is 7.85. The van der Waals surface area contributed by atoms with Gasteiger partial charge in [-0.05, 0) is 62.0 Å². The van der Waals surface area contributed by atoms with Crippen molar-refractivity contribution in [2.45, 2.75) is 32.5 Å². The molecule has 4 aromatic rings. The molecule has 0 bridgehead atoms. The number of nitrogens with one attached hydrogen (secondary N) is 2. The van der Waals surface area contributed by atoms with Crippen molar-refractivity contribution in [2.24, 2.45) is 0 Å². The van der Waals surface area contributed by atoms with E-state index in [1.807, 2.05) is 42.5 Å². The monoisotopic (exact) mass is 614 g/mol. The van der Waals surface area contributed by atoms with Gasteiger partial charge in [0.1, 0.15) is 11.8 Å². The lowest BCUT2D eigenvalue weighted by molar-refractivity contribution is -0.128. The molecule has 9 nitrogen and oxygen atoms in total. The maximum absolute atomic E-state index is 14.4. The van der Waals surface area contributed by atoms with Crippen molar-refractivity contribution >= 4 is 58.1 Å². The Kier molecular flexibility index (Phi) is 10.0. The fourth-order valence-corrected chi connectivity index (χ4v) is 5.31. The number of carbonyl (C=O) groups excluding carboxylic acids is 4. The van der Waals surface area contributed by atoms with Gasteiger partial charge in [0, 0.05) is 16.7 Å². The Morgan fingerprint density at radius 2 is 1.55 bits per heavy atom. The molecule has 5 rings (SSSR count). The van der Waals surface area contributed by atoms with E-state index < -0.39 is 12.1 Å². The van der Waals surface area contributed by atoms with Gasteiger partial charge in [-0.3, -0.25) is 19.2 Å². The van der Waals surface area contributed by atoms with E-state index in [9.17, 15) is 19.2 Å². The number of amides is 3. The van der Waals surface area contributed by atoms with Gasteiger partial charge in [-0.2, -0.15) is 0 Å². The minimum absolute atomic E-state index is 0. The maximum atomic E-state index is 14.4. The molecule has 2 atom stereocenters. The van der Waals surface area contributed by atoms with Gasteiger partial charge in [0.2, 0.25) is 5.91 Å². The molecule has 1 heterocycles. The van der Waals surface area contributed by atoms with E-state index in [-0.39, 0.29) is 49.0 Å². The second-order valence-corrected chi connectivity index (χ2v) is 10.5. The van der Waals surface area contributed by atoms with Gasteiger partial charge in [0.05, 0.1) is 37.6 Å². The molecule has 0 saturated heterocycles.